The summed E-state index contributed by atoms with van der Waals surface area (Å²) >= 11 is 0. The number of carbonyl (C=O) groups is 1. The fraction of sp³-hybridized carbons (Fsp3) is 0.562. The van der Waals surface area contributed by atoms with Gasteiger partial charge in [-0.25, -0.2) is 4.79 Å². The van der Waals surface area contributed by atoms with Gasteiger partial charge in [-0.3, -0.25) is 0 Å². The molecule has 0 aromatic heterocycles. The van der Waals surface area contributed by atoms with Crippen molar-refractivity contribution in [3.05, 3.63) is 23.8 Å². The van der Waals surface area contributed by atoms with Crippen LogP contribution < -0.4 is 10.1 Å². The highest BCUT2D eigenvalue weighted by Gasteiger charge is 2.26. The van der Waals surface area contributed by atoms with E-state index in [0.29, 0.717) is 18.2 Å². The monoisotopic (exact) mass is 363 g/mol. The molecule has 1 aromatic carbocycles. The number of halogens is 2. The summed E-state index contributed by atoms with van der Waals surface area (Å²) in [4.78, 5) is 15.7. The molecule has 0 saturated heterocycles. The van der Waals surface area contributed by atoms with Crippen molar-refractivity contribution in [1.29, 1.82) is 0 Å². The molecule has 0 radical (unpaired) electrons. The first-order valence-corrected chi connectivity index (χ1v) is 7.47. The van der Waals surface area contributed by atoms with Crippen LogP contribution in [0.5, 0.6) is 5.75 Å². The molecule has 0 fully saturated rings. The molecule has 0 spiro atoms. The maximum atomic E-state index is 11.9. The number of nitrogens with zero attached hydrogens (tertiary/aromatic N) is 2. The van der Waals surface area contributed by atoms with E-state index in [9.17, 15) is 4.79 Å². The molecule has 0 saturated carbocycles. The van der Waals surface area contributed by atoms with E-state index in [1.54, 1.807) is 11.9 Å². The van der Waals surface area contributed by atoms with Crippen molar-refractivity contribution in [2.24, 2.45) is 0 Å². The summed E-state index contributed by atoms with van der Waals surface area (Å²) in [5.41, 5.74) is 2.22. The molecule has 0 aliphatic carbocycles. The van der Waals surface area contributed by atoms with Crippen molar-refractivity contribution in [3.63, 3.8) is 0 Å². The van der Waals surface area contributed by atoms with Gasteiger partial charge in [0.1, 0.15) is 0 Å². The van der Waals surface area contributed by atoms with Crippen LogP contribution in [0.15, 0.2) is 18.2 Å². The van der Waals surface area contributed by atoms with E-state index < -0.39 is 0 Å². The van der Waals surface area contributed by atoms with Crippen LogP contribution >= 0.6 is 24.8 Å². The Morgan fingerprint density at radius 3 is 2.61 bits per heavy atom. The highest BCUT2D eigenvalue weighted by atomic mass is 35.5. The van der Waals surface area contributed by atoms with Gasteiger partial charge in [0.2, 0.25) is 0 Å². The molecule has 2 rings (SSSR count). The summed E-state index contributed by atoms with van der Waals surface area (Å²) in [6, 6.07) is 5.93. The number of anilines is 1. The molecule has 23 heavy (non-hydrogen) atoms. The van der Waals surface area contributed by atoms with Crippen molar-refractivity contribution < 1.29 is 9.53 Å². The summed E-state index contributed by atoms with van der Waals surface area (Å²) in [7, 11) is 5.91. The molecule has 1 heterocycles. The number of amides is 1. The number of hydrogen-bond donors (Lipinski definition) is 1. The van der Waals surface area contributed by atoms with E-state index >= 15 is 0 Å². The van der Waals surface area contributed by atoms with Gasteiger partial charge in [0.15, 0.2) is 5.75 Å². The van der Waals surface area contributed by atoms with Crippen LogP contribution in [-0.4, -0.2) is 56.7 Å². The van der Waals surface area contributed by atoms with E-state index in [4.69, 9.17) is 4.74 Å². The average molecular weight is 364 g/mol. The predicted molar refractivity (Wildman–Crippen MR) is 99.7 cm³/mol. The fourth-order valence-electron chi connectivity index (χ4n) is 2.47. The fourth-order valence-corrected chi connectivity index (χ4v) is 2.47. The minimum Gasteiger partial charge on any atom is -0.408 e. The summed E-state index contributed by atoms with van der Waals surface area (Å²) in [6.07, 6.45) is 0.781. The number of carbonyl (C=O) groups excluding carboxylic acids is 1. The topological polar surface area (TPSA) is 44.8 Å². The largest absolute Gasteiger partial charge is 0.415 e. The molecule has 7 heteroatoms. The molecule has 5 nitrogen and oxygen atoms in total. The van der Waals surface area contributed by atoms with E-state index in [1.807, 2.05) is 19.1 Å². The number of hydrogen-bond acceptors (Lipinski definition) is 4. The molecular formula is C16H27Cl2N3O2. The smallest absolute Gasteiger partial charge is 0.408 e. The molecule has 1 aromatic rings. The molecule has 1 N–H and O–H groups in total. The Kier molecular flexibility index (Phi) is 9.35. The molecule has 1 aliphatic rings. The van der Waals surface area contributed by atoms with Crippen molar-refractivity contribution in [2.75, 3.05) is 46.1 Å². The number of fused-ring (bicyclic) bond motifs is 1. The Labute approximate surface area is 151 Å². The van der Waals surface area contributed by atoms with Crippen LogP contribution in [-0.2, 0) is 0 Å². The SMILES string of the molecule is CCN(C)C(=O)Oc1cccc2c1NCC2CCN(C)C.Cl.Cl. The molecule has 1 amide bonds. The first kappa shape index (κ1) is 21.8. The lowest BCUT2D eigenvalue weighted by atomic mass is 9.97. The van der Waals surface area contributed by atoms with E-state index in [1.165, 1.54) is 5.56 Å². The average Bonchev–Trinajstić information content (AvgIpc) is 2.88. The standard InChI is InChI=1S/C16H25N3O2.2ClH/c1-5-19(4)16(20)21-14-8-6-7-13-12(9-10-18(2)3)11-17-15(13)14;;/h6-8,12,17H,5,9-11H2,1-4H3;2*1H. The Bertz CT molecular complexity index is 512. The minimum absolute atomic E-state index is 0. The van der Waals surface area contributed by atoms with Gasteiger partial charge in [0.05, 0.1) is 5.69 Å². The Morgan fingerprint density at radius 1 is 1.30 bits per heavy atom. The zero-order chi connectivity index (χ0) is 15.4. The molecule has 1 atom stereocenters. The van der Waals surface area contributed by atoms with Gasteiger partial charge in [-0.05, 0) is 45.6 Å². The third-order valence-corrected chi connectivity index (χ3v) is 3.93. The molecule has 132 valence electrons. The quantitative estimate of drug-likeness (QED) is 0.869. The van der Waals surface area contributed by atoms with Crippen molar-refractivity contribution in [3.8, 4) is 5.75 Å². The lowest BCUT2D eigenvalue weighted by Gasteiger charge is -2.16. The van der Waals surface area contributed by atoms with E-state index in [-0.39, 0.29) is 30.9 Å². The van der Waals surface area contributed by atoms with Crippen molar-refractivity contribution >= 4 is 36.6 Å². The molecular weight excluding hydrogens is 337 g/mol. The number of ether oxygens (including phenoxy) is 1. The van der Waals surface area contributed by atoms with Gasteiger partial charge < -0.3 is 19.9 Å². The second kappa shape index (κ2) is 9.85. The van der Waals surface area contributed by atoms with Crippen LogP contribution in [0, 0.1) is 0 Å². The maximum absolute atomic E-state index is 11.9. The van der Waals surface area contributed by atoms with Gasteiger partial charge in [0.25, 0.3) is 0 Å². The Morgan fingerprint density at radius 2 is 2.00 bits per heavy atom. The Balaban J connectivity index is 0.00000242. The minimum atomic E-state index is -0.315. The van der Waals surface area contributed by atoms with Gasteiger partial charge in [-0.1, -0.05) is 12.1 Å². The molecule has 1 unspecified atom stereocenters. The summed E-state index contributed by atoms with van der Waals surface area (Å²) < 4.78 is 5.50. The van der Waals surface area contributed by atoms with Gasteiger partial charge in [-0.2, -0.15) is 0 Å². The van der Waals surface area contributed by atoms with Gasteiger partial charge in [-0.15, -0.1) is 24.8 Å². The van der Waals surface area contributed by atoms with Crippen LogP contribution in [0.4, 0.5) is 10.5 Å². The van der Waals surface area contributed by atoms with Crippen LogP contribution in [0.2, 0.25) is 0 Å². The number of nitrogens with one attached hydrogen (secondary N) is 1. The van der Waals surface area contributed by atoms with Gasteiger partial charge >= 0.3 is 6.09 Å². The summed E-state index contributed by atoms with van der Waals surface area (Å²) in [6.45, 7) is 4.51. The van der Waals surface area contributed by atoms with Gasteiger partial charge in [0, 0.05) is 26.1 Å². The Hall–Kier alpha value is -1.17. The summed E-state index contributed by atoms with van der Waals surface area (Å²) in [5, 5.41) is 3.39. The first-order chi connectivity index (χ1) is 10.0. The van der Waals surface area contributed by atoms with Crippen LogP contribution in [0.25, 0.3) is 0 Å². The summed E-state index contributed by atoms with van der Waals surface area (Å²) in [5.74, 6) is 1.11. The molecule has 1 aliphatic heterocycles. The number of benzene rings is 1. The normalized spacial score (nSPS) is 15.1. The van der Waals surface area contributed by atoms with E-state index in [2.05, 4.69) is 30.4 Å². The van der Waals surface area contributed by atoms with Crippen LogP contribution in [0.1, 0.15) is 24.8 Å². The lowest BCUT2D eigenvalue weighted by Crippen LogP contribution is -2.29. The zero-order valence-corrected chi connectivity index (χ0v) is 15.8. The maximum Gasteiger partial charge on any atom is 0.415 e. The zero-order valence-electron chi connectivity index (χ0n) is 14.2. The third-order valence-electron chi connectivity index (χ3n) is 3.93. The molecule has 0 bridgehead atoms. The predicted octanol–water partition coefficient (Wildman–Crippen LogP) is 3.44. The highest BCUT2D eigenvalue weighted by Crippen LogP contribution is 2.40. The van der Waals surface area contributed by atoms with Crippen molar-refractivity contribution in [2.45, 2.75) is 19.3 Å². The highest BCUT2D eigenvalue weighted by molar-refractivity contribution is 5.85. The number of para-hydroxylation sites is 1. The van der Waals surface area contributed by atoms with E-state index in [0.717, 1.165) is 25.2 Å². The third kappa shape index (κ3) is 5.44. The number of rotatable bonds is 5. The lowest BCUT2D eigenvalue weighted by molar-refractivity contribution is 0.165. The van der Waals surface area contributed by atoms with Crippen LogP contribution in [0.3, 0.4) is 0 Å². The second-order valence-corrected chi connectivity index (χ2v) is 5.77. The second-order valence-electron chi connectivity index (χ2n) is 5.77. The van der Waals surface area contributed by atoms with Crippen molar-refractivity contribution in [1.82, 2.24) is 9.80 Å². The first-order valence-electron chi connectivity index (χ1n) is 7.47.